The fourth-order valence-corrected chi connectivity index (χ4v) is 1.30. The Morgan fingerprint density at radius 1 is 0.944 bits per heavy atom. The number of unbranched alkanes of at least 4 members (excludes halogenated alkanes) is 2. The number of rotatable bonds is 7. The van der Waals surface area contributed by atoms with Gasteiger partial charge in [0.2, 0.25) is 0 Å². The Bertz CT molecular complexity index is 208. The number of hydrogen-bond donors (Lipinski definition) is 1. The predicted molar refractivity (Wildman–Crippen MR) is 86.0 cm³/mol. The molecule has 1 N–H and O–H groups in total. The van der Waals surface area contributed by atoms with E-state index in [0.717, 1.165) is 13.5 Å². The summed E-state index contributed by atoms with van der Waals surface area (Å²) >= 11 is 0. The normalized spacial score (nSPS) is 9.39. The van der Waals surface area contributed by atoms with E-state index >= 15 is 0 Å². The summed E-state index contributed by atoms with van der Waals surface area (Å²) in [6.45, 7) is 14.3. The number of hydrogen-bond acceptors (Lipinski definition) is 1. The van der Waals surface area contributed by atoms with Crippen molar-refractivity contribution in [2.45, 2.75) is 66.7 Å². The summed E-state index contributed by atoms with van der Waals surface area (Å²) in [5.74, 6) is 0. The van der Waals surface area contributed by atoms with Crippen molar-refractivity contribution >= 4 is 0 Å². The number of aliphatic hydroxyl groups is 1. The molecule has 0 atom stereocenters. The molecule has 0 aliphatic carbocycles. The molecule has 18 heavy (non-hydrogen) atoms. The molecule has 0 aromatic carbocycles. The summed E-state index contributed by atoms with van der Waals surface area (Å²) in [5.41, 5.74) is 2.94. The number of allylic oxidation sites excluding steroid dienone is 5. The molecule has 0 aliphatic heterocycles. The van der Waals surface area contributed by atoms with Gasteiger partial charge in [-0.2, -0.15) is 0 Å². The van der Waals surface area contributed by atoms with Crippen LogP contribution in [0.1, 0.15) is 66.7 Å². The largest absolute Gasteiger partial charge is 0.400 e. The van der Waals surface area contributed by atoms with Crippen LogP contribution in [-0.4, -0.2) is 12.2 Å². The summed E-state index contributed by atoms with van der Waals surface area (Å²) in [6.07, 6.45) is 12.6. The highest BCUT2D eigenvalue weighted by Gasteiger charge is 1.88. The van der Waals surface area contributed by atoms with E-state index in [1.165, 1.54) is 36.8 Å². The summed E-state index contributed by atoms with van der Waals surface area (Å²) in [5, 5.41) is 7.00. The third-order valence-corrected chi connectivity index (χ3v) is 2.20. The standard InChI is InChI=1S/C14H24.C2H6.CH4O/c1-5-6-7-8-11-14(4)12-9-10-13(2)3;2*1-2/h5,10-11H,1,6-9,12H2,2-4H3;1-2H3;2H,1H3/b14-11+;;. The average Bonchev–Trinajstić information content (AvgIpc) is 2.39. The van der Waals surface area contributed by atoms with Crippen molar-refractivity contribution in [2.75, 3.05) is 7.11 Å². The summed E-state index contributed by atoms with van der Waals surface area (Å²) in [6, 6.07) is 0. The van der Waals surface area contributed by atoms with Gasteiger partial charge in [0.15, 0.2) is 0 Å². The van der Waals surface area contributed by atoms with Crippen molar-refractivity contribution in [3.05, 3.63) is 36.0 Å². The van der Waals surface area contributed by atoms with Gasteiger partial charge >= 0.3 is 0 Å². The zero-order valence-electron chi connectivity index (χ0n) is 13.4. The minimum atomic E-state index is 1.00. The molecule has 0 rings (SSSR count). The molecule has 0 radical (unpaired) electrons. The molecule has 0 aromatic rings. The van der Waals surface area contributed by atoms with Crippen molar-refractivity contribution in [2.24, 2.45) is 0 Å². The SMILES string of the molecule is C=CCCC/C=C(\C)CCC=C(C)C.CC.CO. The first-order chi connectivity index (χ1) is 8.66. The van der Waals surface area contributed by atoms with Gasteiger partial charge in [0, 0.05) is 7.11 Å². The van der Waals surface area contributed by atoms with E-state index in [2.05, 4.69) is 39.5 Å². The molecule has 0 aliphatic rings. The van der Waals surface area contributed by atoms with Gasteiger partial charge in [-0.1, -0.05) is 43.2 Å². The first-order valence-electron chi connectivity index (χ1n) is 7.01. The van der Waals surface area contributed by atoms with Crippen LogP contribution in [0.4, 0.5) is 0 Å². The zero-order chi connectivity index (χ0) is 14.8. The Morgan fingerprint density at radius 3 is 1.94 bits per heavy atom. The molecule has 0 bridgehead atoms. The molecule has 1 nitrogen and oxygen atoms in total. The van der Waals surface area contributed by atoms with Gasteiger partial charge in [-0.15, -0.1) is 6.58 Å². The lowest BCUT2D eigenvalue weighted by molar-refractivity contribution is 0.399. The molecule has 0 spiro atoms. The molecule has 0 amide bonds. The van der Waals surface area contributed by atoms with Crippen molar-refractivity contribution < 1.29 is 5.11 Å². The lowest BCUT2D eigenvalue weighted by Crippen LogP contribution is -1.78. The Hall–Kier alpha value is -0.820. The first-order valence-corrected chi connectivity index (χ1v) is 7.01. The van der Waals surface area contributed by atoms with Crippen molar-refractivity contribution in [1.82, 2.24) is 0 Å². The quantitative estimate of drug-likeness (QED) is 0.458. The fraction of sp³-hybridized carbons (Fsp3) is 0.647. The van der Waals surface area contributed by atoms with Gasteiger partial charge in [-0.25, -0.2) is 0 Å². The maximum absolute atomic E-state index is 7.00. The second-order valence-corrected chi connectivity index (χ2v) is 4.09. The molecular weight excluding hydrogens is 220 g/mol. The van der Waals surface area contributed by atoms with Gasteiger partial charge in [-0.3, -0.25) is 0 Å². The van der Waals surface area contributed by atoms with Crippen LogP contribution < -0.4 is 0 Å². The average molecular weight is 254 g/mol. The van der Waals surface area contributed by atoms with Gasteiger partial charge in [0.1, 0.15) is 0 Å². The maximum atomic E-state index is 7.00. The minimum Gasteiger partial charge on any atom is -0.400 e. The van der Waals surface area contributed by atoms with Crippen LogP contribution in [0.5, 0.6) is 0 Å². The van der Waals surface area contributed by atoms with Crippen LogP contribution in [0.15, 0.2) is 36.0 Å². The van der Waals surface area contributed by atoms with Gasteiger partial charge in [0.25, 0.3) is 0 Å². The van der Waals surface area contributed by atoms with Crippen LogP contribution in [0.2, 0.25) is 0 Å². The van der Waals surface area contributed by atoms with Crippen molar-refractivity contribution in [3.8, 4) is 0 Å². The molecule has 0 saturated heterocycles. The summed E-state index contributed by atoms with van der Waals surface area (Å²) < 4.78 is 0. The van der Waals surface area contributed by atoms with Gasteiger partial charge < -0.3 is 5.11 Å². The Morgan fingerprint density at radius 2 is 1.50 bits per heavy atom. The maximum Gasteiger partial charge on any atom is 0.0319 e. The van der Waals surface area contributed by atoms with Crippen LogP contribution in [0.25, 0.3) is 0 Å². The van der Waals surface area contributed by atoms with E-state index in [4.69, 9.17) is 5.11 Å². The fourth-order valence-electron chi connectivity index (χ4n) is 1.30. The molecule has 108 valence electrons. The highest BCUT2D eigenvalue weighted by atomic mass is 16.2. The molecule has 0 aromatic heterocycles. The summed E-state index contributed by atoms with van der Waals surface area (Å²) in [4.78, 5) is 0. The molecule has 0 heterocycles. The Labute approximate surface area is 115 Å². The van der Waals surface area contributed by atoms with E-state index < -0.39 is 0 Å². The predicted octanol–water partition coefficient (Wildman–Crippen LogP) is 5.67. The van der Waals surface area contributed by atoms with Crippen LogP contribution in [-0.2, 0) is 0 Å². The lowest BCUT2D eigenvalue weighted by atomic mass is 10.1. The second kappa shape index (κ2) is 21.5. The van der Waals surface area contributed by atoms with E-state index in [1.54, 1.807) is 0 Å². The van der Waals surface area contributed by atoms with E-state index in [0.29, 0.717) is 0 Å². The second-order valence-electron chi connectivity index (χ2n) is 4.09. The smallest absolute Gasteiger partial charge is 0.0319 e. The summed E-state index contributed by atoms with van der Waals surface area (Å²) in [7, 11) is 1.00. The molecule has 0 unspecified atom stereocenters. The highest BCUT2D eigenvalue weighted by Crippen LogP contribution is 2.09. The van der Waals surface area contributed by atoms with Crippen LogP contribution >= 0.6 is 0 Å². The molecule has 0 saturated carbocycles. The first kappa shape index (κ1) is 22.4. The third kappa shape index (κ3) is 24.4. The van der Waals surface area contributed by atoms with Gasteiger partial charge in [0.05, 0.1) is 0 Å². The minimum absolute atomic E-state index is 1.00. The van der Waals surface area contributed by atoms with Crippen molar-refractivity contribution in [3.63, 3.8) is 0 Å². The Balaban J connectivity index is -0.000000506. The zero-order valence-corrected chi connectivity index (χ0v) is 13.4. The van der Waals surface area contributed by atoms with Crippen molar-refractivity contribution in [1.29, 1.82) is 0 Å². The lowest BCUT2D eigenvalue weighted by Gasteiger charge is -1.98. The third-order valence-electron chi connectivity index (χ3n) is 2.20. The molecule has 1 heteroatoms. The van der Waals surface area contributed by atoms with Crippen LogP contribution in [0, 0.1) is 0 Å². The highest BCUT2D eigenvalue weighted by molar-refractivity contribution is 5.02. The van der Waals surface area contributed by atoms with E-state index in [-0.39, 0.29) is 0 Å². The molecular formula is C17H34O. The Kier molecular flexibility index (Phi) is 26.7. The van der Waals surface area contributed by atoms with Crippen LogP contribution in [0.3, 0.4) is 0 Å². The van der Waals surface area contributed by atoms with E-state index in [1.807, 2.05) is 19.9 Å². The number of aliphatic hydroxyl groups excluding tert-OH is 1. The monoisotopic (exact) mass is 254 g/mol. The van der Waals surface area contributed by atoms with Gasteiger partial charge in [-0.05, 0) is 52.9 Å². The van der Waals surface area contributed by atoms with E-state index in [9.17, 15) is 0 Å². The topological polar surface area (TPSA) is 20.2 Å². The molecule has 0 fully saturated rings.